The van der Waals surface area contributed by atoms with E-state index in [0.29, 0.717) is 34.9 Å². The molecule has 31 heavy (non-hydrogen) atoms. The van der Waals surface area contributed by atoms with Gasteiger partial charge in [-0.25, -0.2) is 0 Å². The van der Waals surface area contributed by atoms with E-state index < -0.39 is 5.97 Å². The molecular weight excluding hydrogens is 396 g/mol. The molecule has 0 unspecified atom stereocenters. The minimum atomic E-state index is -0.447. The van der Waals surface area contributed by atoms with Gasteiger partial charge in [-0.05, 0) is 60.2 Å². The molecule has 0 bridgehead atoms. The van der Waals surface area contributed by atoms with Gasteiger partial charge in [0.2, 0.25) is 0 Å². The molecule has 3 rings (SSSR count). The van der Waals surface area contributed by atoms with Crippen LogP contribution < -0.4 is 20.1 Å². The lowest BCUT2D eigenvalue weighted by Crippen LogP contribution is -2.22. The Bertz CT molecular complexity index is 1080. The molecule has 0 fully saturated rings. The summed E-state index contributed by atoms with van der Waals surface area (Å²) in [5, 5.41) is 5.64. The van der Waals surface area contributed by atoms with Gasteiger partial charge in [-0.2, -0.15) is 0 Å². The number of carbonyl (C=O) groups is 3. The molecule has 3 aromatic rings. The van der Waals surface area contributed by atoms with Crippen molar-refractivity contribution in [1.82, 2.24) is 5.32 Å². The Morgan fingerprint density at radius 3 is 2.16 bits per heavy atom. The van der Waals surface area contributed by atoms with E-state index in [0.717, 1.165) is 5.56 Å². The van der Waals surface area contributed by atoms with Crippen molar-refractivity contribution in [3.05, 3.63) is 89.5 Å². The first-order valence-electron chi connectivity index (χ1n) is 9.55. The van der Waals surface area contributed by atoms with Crippen molar-refractivity contribution >= 4 is 23.5 Å². The van der Waals surface area contributed by atoms with Crippen LogP contribution in [-0.2, 0) is 11.3 Å². The van der Waals surface area contributed by atoms with Crippen LogP contribution in [0.3, 0.4) is 0 Å². The highest BCUT2D eigenvalue weighted by Crippen LogP contribution is 2.16. The number of esters is 1. The number of anilines is 1. The molecule has 0 aliphatic carbocycles. The van der Waals surface area contributed by atoms with Crippen molar-refractivity contribution in [2.45, 2.75) is 13.5 Å². The SMILES string of the molecule is COc1ccc(C(=O)Nc2ccc(CNC(=O)c3cccc(OC(C)=O)c3)cc2)cc1. The predicted molar refractivity (Wildman–Crippen MR) is 116 cm³/mol. The minimum absolute atomic E-state index is 0.226. The topological polar surface area (TPSA) is 93.7 Å². The third-order valence-corrected chi connectivity index (χ3v) is 4.37. The van der Waals surface area contributed by atoms with Crippen molar-refractivity contribution < 1.29 is 23.9 Å². The van der Waals surface area contributed by atoms with Crippen LogP contribution in [0.4, 0.5) is 5.69 Å². The van der Waals surface area contributed by atoms with Crippen LogP contribution in [0.15, 0.2) is 72.8 Å². The third kappa shape index (κ3) is 6.17. The molecule has 0 radical (unpaired) electrons. The van der Waals surface area contributed by atoms with E-state index in [1.54, 1.807) is 61.7 Å². The van der Waals surface area contributed by atoms with Crippen molar-refractivity contribution in [3.63, 3.8) is 0 Å². The minimum Gasteiger partial charge on any atom is -0.497 e. The number of amides is 2. The van der Waals surface area contributed by atoms with Crippen molar-refractivity contribution in [1.29, 1.82) is 0 Å². The van der Waals surface area contributed by atoms with Crippen LogP contribution in [0.25, 0.3) is 0 Å². The van der Waals surface area contributed by atoms with Gasteiger partial charge in [-0.1, -0.05) is 18.2 Å². The Balaban J connectivity index is 1.55. The quantitative estimate of drug-likeness (QED) is 0.450. The zero-order valence-electron chi connectivity index (χ0n) is 17.2. The van der Waals surface area contributed by atoms with Gasteiger partial charge >= 0.3 is 5.97 Å². The summed E-state index contributed by atoms with van der Waals surface area (Å²) in [4.78, 5) is 35.7. The summed E-state index contributed by atoms with van der Waals surface area (Å²) in [6, 6.07) is 20.4. The zero-order valence-corrected chi connectivity index (χ0v) is 17.2. The maximum Gasteiger partial charge on any atom is 0.308 e. The Morgan fingerprint density at radius 1 is 0.806 bits per heavy atom. The first-order chi connectivity index (χ1) is 14.9. The fraction of sp³-hybridized carbons (Fsp3) is 0.125. The summed E-state index contributed by atoms with van der Waals surface area (Å²) in [5.41, 5.74) is 2.42. The van der Waals surface area contributed by atoms with E-state index in [1.165, 1.54) is 13.0 Å². The van der Waals surface area contributed by atoms with Gasteiger partial charge in [0.15, 0.2) is 0 Å². The Morgan fingerprint density at radius 2 is 1.52 bits per heavy atom. The molecule has 7 heteroatoms. The van der Waals surface area contributed by atoms with Gasteiger partial charge in [0.1, 0.15) is 11.5 Å². The number of ether oxygens (including phenoxy) is 2. The molecule has 2 amide bonds. The van der Waals surface area contributed by atoms with Crippen LogP contribution >= 0.6 is 0 Å². The van der Waals surface area contributed by atoms with E-state index in [-0.39, 0.29) is 11.8 Å². The van der Waals surface area contributed by atoms with E-state index in [2.05, 4.69) is 10.6 Å². The maximum atomic E-state index is 12.4. The monoisotopic (exact) mass is 418 g/mol. The lowest BCUT2D eigenvalue weighted by molar-refractivity contribution is -0.131. The Labute approximate surface area is 180 Å². The summed E-state index contributed by atoms with van der Waals surface area (Å²) >= 11 is 0. The third-order valence-electron chi connectivity index (χ3n) is 4.37. The zero-order chi connectivity index (χ0) is 22.2. The Kier molecular flexibility index (Phi) is 7.01. The molecule has 0 spiro atoms. The van der Waals surface area contributed by atoms with Gasteiger partial charge in [0.05, 0.1) is 7.11 Å². The average molecular weight is 418 g/mol. The molecule has 2 N–H and O–H groups in total. The molecule has 3 aromatic carbocycles. The molecular formula is C24H22N2O5. The van der Waals surface area contributed by atoms with Crippen LogP contribution in [0.1, 0.15) is 33.2 Å². The second kappa shape index (κ2) is 10.1. The van der Waals surface area contributed by atoms with E-state index in [4.69, 9.17) is 9.47 Å². The molecule has 0 saturated carbocycles. The second-order valence-corrected chi connectivity index (χ2v) is 6.68. The summed E-state index contributed by atoms with van der Waals surface area (Å²) in [7, 11) is 1.57. The number of hydrogen-bond acceptors (Lipinski definition) is 5. The molecule has 0 aliphatic heterocycles. The molecule has 0 saturated heterocycles. The number of carbonyl (C=O) groups excluding carboxylic acids is 3. The number of benzene rings is 3. The van der Waals surface area contributed by atoms with E-state index >= 15 is 0 Å². The predicted octanol–water partition coefficient (Wildman–Crippen LogP) is 3.80. The summed E-state index contributed by atoms with van der Waals surface area (Å²) < 4.78 is 10.1. The fourth-order valence-electron chi connectivity index (χ4n) is 2.80. The van der Waals surface area contributed by atoms with Crippen LogP contribution in [0, 0.1) is 0 Å². The molecule has 7 nitrogen and oxygen atoms in total. The van der Waals surface area contributed by atoms with Crippen molar-refractivity contribution in [3.8, 4) is 11.5 Å². The largest absolute Gasteiger partial charge is 0.497 e. The lowest BCUT2D eigenvalue weighted by Gasteiger charge is -2.09. The number of methoxy groups -OCH3 is 1. The first-order valence-corrected chi connectivity index (χ1v) is 9.55. The van der Waals surface area contributed by atoms with E-state index in [1.807, 2.05) is 12.1 Å². The van der Waals surface area contributed by atoms with Crippen LogP contribution in [-0.4, -0.2) is 24.9 Å². The second-order valence-electron chi connectivity index (χ2n) is 6.68. The lowest BCUT2D eigenvalue weighted by atomic mass is 10.1. The van der Waals surface area contributed by atoms with Crippen LogP contribution in [0.2, 0.25) is 0 Å². The molecule has 158 valence electrons. The highest BCUT2D eigenvalue weighted by atomic mass is 16.5. The standard InChI is InChI=1S/C24H22N2O5/c1-16(27)31-22-5-3-4-19(14-22)23(28)25-15-17-6-10-20(11-7-17)26-24(29)18-8-12-21(30-2)13-9-18/h3-14H,15H2,1-2H3,(H,25,28)(H,26,29). The average Bonchev–Trinajstić information content (AvgIpc) is 2.78. The van der Waals surface area contributed by atoms with Crippen molar-refractivity contribution in [2.75, 3.05) is 12.4 Å². The highest BCUT2D eigenvalue weighted by molar-refractivity contribution is 6.04. The van der Waals surface area contributed by atoms with Gasteiger partial charge in [0.25, 0.3) is 11.8 Å². The molecule has 0 aromatic heterocycles. The van der Waals surface area contributed by atoms with Crippen molar-refractivity contribution in [2.24, 2.45) is 0 Å². The van der Waals surface area contributed by atoms with Gasteiger partial charge < -0.3 is 20.1 Å². The normalized spacial score (nSPS) is 10.1. The van der Waals surface area contributed by atoms with Gasteiger partial charge in [-0.15, -0.1) is 0 Å². The van der Waals surface area contributed by atoms with Gasteiger partial charge in [-0.3, -0.25) is 14.4 Å². The molecule has 0 aliphatic rings. The summed E-state index contributed by atoms with van der Waals surface area (Å²) in [6.45, 7) is 1.61. The highest BCUT2D eigenvalue weighted by Gasteiger charge is 2.09. The Hall–Kier alpha value is -4.13. The summed E-state index contributed by atoms with van der Waals surface area (Å²) in [6.07, 6.45) is 0. The van der Waals surface area contributed by atoms with Crippen LogP contribution in [0.5, 0.6) is 11.5 Å². The maximum absolute atomic E-state index is 12.4. The number of nitrogens with one attached hydrogen (secondary N) is 2. The summed E-state index contributed by atoms with van der Waals surface area (Å²) in [5.74, 6) is 0.0390. The molecule has 0 atom stereocenters. The first kappa shape index (κ1) is 21.6. The molecule has 0 heterocycles. The smallest absolute Gasteiger partial charge is 0.308 e. The number of rotatable bonds is 7. The van der Waals surface area contributed by atoms with Gasteiger partial charge in [0, 0.05) is 30.3 Å². The van der Waals surface area contributed by atoms with E-state index in [9.17, 15) is 14.4 Å². The fourth-order valence-corrected chi connectivity index (χ4v) is 2.80. The number of hydrogen-bond donors (Lipinski definition) is 2.